The Bertz CT molecular complexity index is 1080. The molecule has 7 nitrogen and oxygen atoms in total. The molecule has 33 heavy (non-hydrogen) atoms. The van der Waals surface area contributed by atoms with E-state index in [1.54, 1.807) is 12.1 Å². The van der Waals surface area contributed by atoms with Crippen LogP contribution in [-0.4, -0.2) is 37.6 Å². The molecule has 0 unspecified atom stereocenters. The molecule has 0 aliphatic carbocycles. The lowest BCUT2D eigenvalue weighted by Crippen LogP contribution is -2.42. The number of nitrogens with zero attached hydrogens (tertiary/aromatic N) is 1. The summed E-state index contributed by atoms with van der Waals surface area (Å²) in [6, 6.07) is 13.5. The first-order valence-electron chi connectivity index (χ1n) is 11.1. The van der Waals surface area contributed by atoms with Crippen molar-refractivity contribution in [2.24, 2.45) is 11.8 Å². The minimum absolute atomic E-state index is 0.0357. The number of carbonyl (C=O) groups excluding carboxylic acids is 2. The van der Waals surface area contributed by atoms with Gasteiger partial charge in [-0.05, 0) is 60.7 Å². The molecule has 1 fully saturated rings. The van der Waals surface area contributed by atoms with Gasteiger partial charge in [-0.1, -0.05) is 37.6 Å². The summed E-state index contributed by atoms with van der Waals surface area (Å²) in [6.07, 6.45) is 1.38. The quantitative estimate of drug-likeness (QED) is 0.582. The highest BCUT2D eigenvalue weighted by molar-refractivity contribution is 7.89. The van der Waals surface area contributed by atoms with Crippen molar-refractivity contribution in [2.75, 3.05) is 18.4 Å². The van der Waals surface area contributed by atoms with E-state index in [4.69, 9.17) is 11.6 Å². The summed E-state index contributed by atoms with van der Waals surface area (Å²) in [5.41, 5.74) is 1.58. The van der Waals surface area contributed by atoms with E-state index in [-0.39, 0.29) is 28.5 Å². The van der Waals surface area contributed by atoms with Crippen molar-refractivity contribution in [3.63, 3.8) is 0 Å². The molecule has 0 radical (unpaired) electrons. The third-order valence-electron chi connectivity index (χ3n) is 5.55. The number of hydrogen-bond acceptors (Lipinski definition) is 4. The van der Waals surface area contributed by atoms with Gasteiger partial charge in [-0.25, -0.2) is 8.42 Å². The van der Waals surface area contributed by atoms with Gasteiger partial charge in [0.15, 0.2) is 0 Å². The number of nitrogens with one attached hydrogen (secondary N) is 2. The minimum atomic E-state index is -3.60. The molecule has 0 bridgehead atoms. The van der Waals surface area contributed by atoms with E-state index in [1.807, 2.05) is 38.1 Å². The van der Waals surface area contributed by atoms with Crippen LogP contribution in [0.5, 0.6) is 0 Å². The van der Waals surface area contributed by atoms with Crippen molar-refractivity contribution in [3.05, 3.63) is 59.1 Å². The lowest BCUT2D eigenvalue weighted by molar-refractivity contribution is -0.126. The molecule has 1 aliphatic heterocycles. The molecule has 9 heteroatoms. The van der Waals surface area contributed by atoms with Gasteiger partial charge in [0.1, 0.15) is 0 Å². The molecule has 1 heterocycles. The van der Waals surface area contributed by atoms with Crippen LogP contribution >= 0.6 is 11.6 Å². The van der Waals surface area contributed by atoms with Gasteiger partial charge in [-0.3, -0.25) is 9.59 Å². The van der Waals surface area contributed by atoms with E-state index in [9.17, 15) is 18.0 Å². The van der Waals surface area contributed by atoms with E-state index in [0.717, 1.165) is 5.56 Å². The highest BCUT2D eigenvalue weighted by Crippen LogP contribution is 2.25. The fraction of sp³-hybridized carbons (Fsp3) is 0.417. The van der Waals surface area contributed by atoms with Crippen LogP contribution in [0.4, 0.5) is 5.69 Å². The monoisotopic (exact) mass is 491 g/mol. The Morgan fingerprint density at radius 3 is 2.39 bits per heavy atom. The molecule has 178 valence electrons. The molecule has 2 aromatic rings. The minimum Gasteiger partial charge on any atom is -0.352 e. The van der Waals surface area contributed by atoms with E-state index in [1.165, 1.54) is 16.4 Å². The topological polar surface area (TPSA) is 95.6 Å². The van der Waals surface area contributed by atoms with Crippen molar-refractivity contribution in [1.29, 1.82) is 0 Å². The molecule has 0 aromatic heterocycles. The number of benzene rings is 2. The number of anilines is 1. The van der Waals surface area contributed by atoms with Gasteiger partial charge in [-0.2, -0.15) is 4.31 Å². The maximum Gasteiger partial charge on any atom is 0.243 e. The van der Waals surface area contributed by atoms with Gasteiger partial charge in [0.25, 0.3) is 0 Å². The Hall–Kier alpha value is -2.42. The molecule has 2 amide bonds. The second kappa shape index (κ2) is 11.1. The van der Waals surface area contributed by atoms with Crippen LogP contribution < -0.4 is 10.6 Å². The van der Waals surface area contributed by atoms with Gasteiger partial charge in [-0.15, -0.1) is 0 Å². The molecule has 1 aliphatic rings. The number of amides is 2. The Morgan fingerprint density at radius 2 is 1.76 bits per heavy atom. The zero-order valence-corrected chi connectivity index (χ0v) is 20.5. The van der Waals surface area contributed by atoms with E-state index in [2.05, 4.69) is 10.6 Å². The van der Waals surface area contributed by atoms with Crippen LogP contribution in [0.1, 0.15) is 38.7 Å². The van der Waals surface area contributed by atoms with Crippen LogP contribution in [0.25, 0.3) is 0 Å². The average Bonchev–Trinajstić information content (AvgIpc) is 2.77. The van der Waals surface area contributed by atoms with Crippen LogP contribution in [0, 0.1) is 11.8 Å². The number of piperidine rings is 1. The summed E-state index contributed by atoms with van der Waals surface area (Å²) in [5, 5.41) is 6.30. The standard InChI is InChI=1S/C24H30ClN3O4S/c1-17(2)14-23(29)27-21-5-3-4-18(15-21)16-26-24(30)19-10-12-28(13-11-19)33(31,32)22-8-6-20(25)7-9-22/h3-9,15,17,19H,10-14,16H2,1-2H3,(H,26,30)(H,27,29). The highest BCUT2D eigenvalue weighted by Gasteiger charge is 2.32. The summed E-state index contributed by atoms with van der Waals surface area (Å²) >= 11 is 5.85. The molecule has 0 saturated carbocycles. The van der Waals surface area contributed by atoms with Gasteiger partial charge < -0.3 is 10.6 Å². The first-order valence-corrected chi connectivity index (χ1v) is 12.9. The van der Waals surface area contributed by atoms with Crippen molar-refractivity contribution in [3.8, 4) is 0 Å². The Kier molecular flexibility index (Phi) is 8.51. The number of carbonyl (C=O) groups is 2. The summed E-state index contributed by atoms with van der Waals surface area (Å²) < 4.78 is 27.0. The maximum atomic E-state index is 12.8. The number of halogens is 1. The van der Waals surface area contributed by atoms with Gasteiger partial charge in [0.05, 0.1) is 4.90 Å². The predicted octanol–water partition coefficient (Wildman–Crippen LogP) is 4.04. The summed E-state index contributed by atoms with van der Waals surface area (Å²) in [4.78, 5) is 24.8. The second-order valence-electron chi connectivity index (χ2n) is 8.70. The van der Waals surface area contributed by atoms with Crippen molar-refractivity contribution in [2.45, 2.75) is 44.6 Å². The molecule has 1 saturated heterocycles. The molecule has 3 rings (SSSR count). The molecule has 0 atom stereocenters. The van der Waals surface area contributed by atoms with Crippen molar-refractivity contribution in [1.82, 2.24) is 9.62 Å². The zero-order chi connectivity index (χ0) is 24.0. The van der Waals surface area contributed by atoms with Gasteiger partial charge in [0, 0.05) is 42.7 Å². The van der Waals surface area contributed by atoms with E-state index in [0.29, 0.717) is 49.6 Å². The average molecular weight is 492 g/mol. The maximum absolute atomic E-state index is 12.8. The number of rotatable bonds is 8. The summed E-state index contributed by atoms with van der Waals surface area (Å²) in [5.74, 6) is -0.0880. The fourth-order valence-corrected chi connectivity index (χ4v) is 5.39. The lowest BCUT2D eigenvalue weighted by atomic mass is 9.97. The summed E-state index contributed by atoms with van der Waals surface area (Å²) in [7, 11) is -3.60. The SMILES string of the molecule is CC(C)CC(=O)Nc1cccc(CNC(=O)C2CCN(S(=O)(=O)c3ccc(Cl)cc3)CC2)c1. The Morgan fingerprint density at radius 1 is 1.09 bits per heavy atom. The van der Waals surface area contributed by atoms with Crippen LogP contribution in [-0.2, 0) is 26.2 Å². The van der Waals surface area contributed by atoms with Crippen LogP contribution in [0.2, 0.25) is 5.02 Å². The molecule has 0 spiro atoms. The van der Waals surface area contributed by atoms with Crippen molar-refractivity contribution < 1.29 is 18.0 Å². The first-order chi connectivity index (χ1) is 15.6. The smallest absolute Gasteiger partial charge is 0.243 e. The highest BCUT2D eigenvalue weighted by atomic mass is 35.5. The van der Waals surface area contributed by atoms with Crippen molar-refractivity contribution >= 4 is 39.1 Å². The Balaban J connectivity index is 1.50. The second-order valence-corrected chi connectivity index (χ2v) is 11.1. The van der Waals surface area contributed by atoms with E-state index < -0.39 is 10.0 Å². The lowest BCUT2D eigenvalue weighted by Gasteiger charge is -2.30. The third-order valence-corrected chi connectivity index (χ3v) is 7.71. The van der Waals surface area contributed by atoms with Crippen LogP contribution in [0.3, 0.4) is 0 Å². The van der Waals surface area contributed by atoms with Crippen LogP contribution in [0.15, 0.2) is 53.4 Å². The number of hydrogen-bond donors (Lipinski definition) is 2. The van der Waals surface area contributed by atoms with Gasteiger partial charge >= 0.3 is 0 Å². The van der Waals surface area contributed by atoms with E-state index >= 15 is 0 Å². The largest absolute Gasteiger partial charge is 0.352 e. The molecular weight excluding hydrogens is 462 g/mol. The number of sulfonamides is 1. The first kappa shape index (κ1) is 25.2. The normalized spacial score (nSPS) is 15.4. The molecular formula is C24H30ClN3O4S. The Labute approximate surface area is 200 Å². The molecule has 2 N–H and O–H groups in total. The third kappa shape index (κ3) is 7.03. The predicted molar refractivity (Wildman–Crippen MR) is 129 cm³/mol. The van der Waals surface area contributed by atoms with Gasteiger partial charge in [0.2, 0.25) is 21.8 Å². The molecule has 2 aromatic carbocycles. The summed E-state index contributed by atoms with van der Waals surface area (Å²) in [6.45, 7) is 4.91. The zero-order valence-electron chi connectivity index (χ0n) is 18.9. The fourth-order valence-electron chi connectivity index (χ4n) is 3.79.